The van der Waals surface area contributed by atoms with Crippen molar-refractivity contribution in [3.05, 3.63) is 0 Å². The van der Waals surface area contributed by atoms with Crippen molar-refractivity contribution < 1.29 is 9.47 Å². The highest BCUT2D eigenvalue weighted by Crippen LogP contribution is 2.29. The molecule has 1 unspecified atom stereocenters. The molecule has 22 heavy (non-hydrogen) atoms. The fraction of sp³-hybridized carbons (Fsp3) is 1.00. The van der Waals surface area contributed by atoms with Gasteiger partial charge in [-0.05, 0) is 26.2 Å². The Morgan fingerprint density at radius 1 is 0.682 bits per heavy atom. The van der Waals surface area contributed by atoms with Crippen LogP contribution in [-0.2, 0) is 9.47 Å². The lowest BCUT2D eigenvalue weighted by Crippen LogP contribution is -2.40. The summed E-state index contributed by atoms with van der Waals surface area (Å²) in [5.74, 6) is 0.0701. The second-order valence-corrected chi connectivity index (χ2v) is 6.88. The first-order valence-corrected chi connectivity index (χ1v) is 9.88. The second-order valence-electron chi connectivity index (χ2n) is 6.88. The maximum absolute atomic E-state index is 6.15. The molecule has 1 atom stereocenters. The van der Waals surface area contributed by atoms with E-state index in [-0.39, 0.29) is 0 Å². The fourth-order valence-corrected chi connectivity index (χ4v) is 2.66. The molecule has 0 aliphatic heterocycles. The minimum atomic E-state index is -0.395. The fourth-order valence-electron chi connectivity index (χ4n) is 2.66. The van der Waals surface area contributed by atoms with Gasteiger partial charge in [0.25, 0.3) is 0 Å². The SMILES string of the molecule is CCCCCCCCC(C)C(C)(OCCCC)OCCCC. The predicted molar refractivity (Wildman–Crippen MR) is 97.3 cm³/mol. The lowest BCUT2D eigenvalue weighted by Gasteiger charge is -2.36. The van der Waals surface area contributed by atoms with Crippen molar-refractivity contribution >= 4 is 0 Å². The van der Waals surface area contributed by atoms with Crippen molar-refractivity contribution in [2.24, 2.45) is 5.92 Å². The molecule has 0 fully saturated rings. The standard InChI is InChI=1S/C20H42O2/c1-6-9-12-13-14-15-16-19(4)20(5,21-17-10-7-2)22-18-11-8-3/h19H,6-18H2,1-5H3. The van der Waals surface area contributed by atoms with E-state index < -0.39 is 5.79 Å². The van der Waals surface area contributed by atoms with E-state index in [1.807, 2.05) is 0 Å². The summed E-state index contributed by atoms with van der Waals surface area (Å²) in [5, 5.41) is 0. The monoisotopic (exact) mass is 314 g/mol. The Balaban J connectivity index is 4.13. The first-order valence-electron chi connectivity index (χ1n) is 9.88. The Morgan fingerprint density at radius 2 is 1.14 bits per heavy atom. The number of hydrogen-bond donors (Lipinski definition) is 0. The van der Waals surface area contributed by atoms with Crippen LogP contribution in [0, 0.1) is 5.92 Å². The van der Waals surface area contributed by atoms with Crippen LogP contribution < -0.4 is 0 Å². The van der Waals surface area contributed by atoms with Crippen LogP contribution in [-0.4, -0.2) is 19.0 Å². The molecule has 0 N–H and O–H groups in total. The molecular weight excluding hydrogens is 272 g/mol. The van der Waals surface area contributed by atoms with E-state index in [1.165, 1.54) is 57.8 Å². The topological polar surface area (TPSA) is 18.5 Å². The van der Waals surface area contributed by atoms with E-state index in [1.54, 1.807) is 0 Å². The van der Waals surface area contributed by atoms with E-state index in [0.29, 0.717) is 5.92 Å². The average molecular weight is 315 g/mol. The first-order chi connectivity index (χ1) is 10.6. The zero-order valence-electron chi connectivity index (χ0n) is 16.1. The molecule has 0 spiro atoms. The molecule has 134 valence electrons. The summed E-state index contributed by atoms with van der Waals surface area (Å²) >= 11 is 0. The normalized spacial score (nSPS) is 13.5. The Labute approximate surface area is 140 Å². The van der Waals surface area contributed by atoms with E-state index >= 15 is 0 Å². The highest BCUT2D eigenvalue weighted by atomic mass is 16.7. The molecule has 0 aromatic rings. The van der Waals surface area contributed by atoms with Crippen molar-refractivity contribution in [1.82, 2.24) is 0 Å². The number of rotatable bonds is 16. The van der Waals surface area contributed by atoms with Gasteiger partial charge < -0.3 is 9.47 Å². The number of unbranched alkanes of at least 4 members (excludes halogenated alkanes) is 7. The van der Waals surface area contributed by atoms with Gasteiger partial charge in [-0.2, -0.15) is 0 Å². The molecule has 0 aliphatic carbocycles. The summed E-state index contributed by atoms with van der Waals surface area (Å²) < 4.78 is 12.3. The van der Waals surface area contributed by atoms with E-state index in [0.717, 1.165) is 26.1 Å². The van der Waals surface area contributed by atoms with Crippen LogP contribution in [0.1, 0.15) is 105 Å². The first kappa shape index (κ1) is 21.9. The number of hydrogen-bond acceptors (Lipinski definition) is 2. The molecule has 0 heterocycles. The second kappa shape index (κ2) is 14.5. The lowest BCUT2D eigenvalue weighted by atomic mass is 9.94. The molecular formula is C20H42O2. The number of ether oxygens (including phenoxy) is 2. The Morgan fingerprint density at radius 3 is 1.64 bits per heavy atom. The van der Waals surface area contributed by atoms with Gasteiger partial charge in [-0.3, -0.25) is 0 Å². The van der Waals surface area contributed by atoms with Crippen LogP contribution in [0.15, 0.2) is 0 Å². The molecule has 0 radical (unpaired) electrons. The van der Waals surface area contributed by atoms with Crippen LogP contribution in [0.3, 0.4) is 0 Å². The molecule has 0 aliphatic rings. The molecule has 0 aromatic heterocycles. The highest BCUT2D eigenvalue weighted by molar-refractivity contribution is 4.72. The van der Waals surface area contributed by atoms with Crippen LogP contribution in [0.2, 0.25) is 0 Å². The summed E-state index contributed by atoms with van der Waals surface area (Å²) in [6.45, 7) is 12.8. The summed E-state index contributed by atoms with van der Waals surface area (Å²) in [6, 6.07) is 0. The van der Waals surface area contributed by atoms with Crippen molar-refractivity contribution in [1.29, 1.82) is 0 Å². The largest absolute Gasteiger partial charge is 0.350 e. The van der Waals surface area contributed by atoms with Crippen molar-refractivity contribution in [3.8, 4) is 0 Å². The minimum Gasteiger partial charge on any atom is -0.350 e. The van der Waals surface area contributed by atoms with Crippen molar-refractivity contribution in [2.75, 3.05) is 13.2 Å². The van der Waals surface area contributed by atoms with Gasteiger partial charge in [0.2, 0.25) is 0 Å². The molecule has 2 heteroatoms. The third-order valence-corrected chi connectivity index (χ3v) is 4.66. The van der Waals surface area contributed by atoms with Gasteiger partial charge in [-0.15, -0.1) is 0 Å². The quantitative estimate of drug-likeness (QED) is 0.232. The molecule has 0 bridgehead atoms. The zero-order valence-corrected chi connectivity index (χ0v) is 16.1. The van der Waals surface area contributed by atoms with E-state index in [2.05, 4.69) is 34.6 Å². The highest BCUT2D eigenvalue weighted by Gasteiger charge is 2.32. The van der Waals surface area contributed by atoms with Gasteiger partial charge >= 0.3 is 0 Å². The van der Waals surface area contributed by atoms with Gasteiger partial charge in [0.05, 0.1) is 13.2 Å². The molecule has 2 nitrogen and oxygen atoms in total. The minimum absolute atomic E-state index is 0.395. The third kappa shape index (κ3) is 10.6. The van der Waals surface area contributed by atoms with Gasteiger partial charge in [0, 0.05) is 5.92 Å². The summed E-state index contributed by atoms with van der Waals surface area (Å²) in [7, 11) is 0. The maximum Gasteiger partial charge on any atom is 0.167 e. The van der Waals surface area contributed by atoms with Crippen LogP contribution in [0.4, 0.5) is 0 Å². The molecule has 0 saturated heterocycles. The Kier molecular flexibility index (Phi) is 14.5. The Bertz CT molecular complexity index is 218. The molecule has 0 saturated carbocycles. The van der Waals surface area contributed by atoms with Gasteiger partial charge in [0.15, 0.2) is 5.79 Å². The van der Waals surface area contributed by atoms with Crippen LogP contribution >= 0.6 is 0 Å². The maximum atomic E-state index is 6.15. The lowest BCUT2D eigenvalue weighted by molar-refractivity contribution is -0.255. The van der Waals surface area contributed by atoms with Crippen LogP contribution in [0.25, 0.3) is 0 Å². The van der Waals surface area contributed by atoms with Crippen molar-refractivity contribution in [3.63, 3.8) is 0 Å². The summed E-state index contributed by atoms with van der Waals surface area (Å²) in [5.41, 5.74) is 0. The average Bonchev–Trinajstić information content (AvgIpc) is 2.51. The Hall–Kier alpha value is -0.0800. The molecule has 0 rings (SSSR count). The van der Waals surface area contributed by atoms with Gasteiger partial charge in [0.1, 0.15) is 0 Å². The summed E-state index contributed by atoms with van der Waals surface area (Å²) in [6.07, 6.45) is 13.9. The molecule has 0 aromatic carbocycles. The smallest absolute Gasteiger partial charge is 0.167 e. The third-order valence-electron chi connectivity index (χ3n) is 4.66. The van der Waals surface area contributed by atoms with E-state index in [4.69, 9.17) is 9.47 Å². The molecule has 0 amide bonds. The predicted octanol–water partition coefficient (Wildman–Crippen LogP) is 6.72. The van der Waals surface area contributed by atoms with Crippen molar-refractivity contribution in [2.45, 2.75) is 111 Å². The van der Waals surface area contributed by atoms with Gasteiger partial charge in [-0.25, -0.2) is 0 Å². The van der Waals surface area contributed by atoms with Gasteiger partial charge in [-0.1, -0.05) is 79.1 Å². The zero-order chi connectivity index (χ0) is 16.7. The van der Waals surface area contributed by atoms with E-state index in [9.17, 15) is 0 Å². The van der Waals surface area contributed by atoms with Crippen LogP contribution in [0.5, 0.6) is 0 Å². The summed E-state index contributed by atoms with van der Waals surface area (Å²) in [4.78, 5) is 0.